The Balaban J connectivity index is 1.83. The van der Waals surface area contributed by atoms with E-state index in [1.165, 1.54) is 0 Å². The molecule has 0 fully saturated rings. The van der Waals surface area contributed by atoms with Gasteiger partial charge in [0.2, 0.25) is 0 Å². The fraction of sp³-hybridized carbons (Fsp3) is 0.286. The molecule has 0 atom stereocenters. The Morgan fingerprint density at radius 3 is 2.58 bits per heavy atom. The summed E-state index contributed by atoms with van der Waals surface area (Å²) in [5.74, 6) is 0.944. The maximum absolute atomic E-state index is 12.5. The number of esters is 1. The molecule has 1 heterocycles. The SMILES string of the molecule is CCOc1ccc(C(=O)Oc2cccc3[nH]cc(CCN(C)C)c23)cc1. The molecule has 5 nitrogen and oxygen atoms in total. The van der Waals surface area contributed by atoms with Crippen LogP contribution < -0.4 is 9.47 Å². The van der Waals surface area contributed by atoms with E-state index in [1.807, 2.05) is 45.4 Å². The number of benzene rings is 2. The molecule has 0 saturated carbocycles. The minimum absolute atomic E-state index is 0.375. The first kappa shape index (κ1) is 18.0. The summed E-state index contributed by atoms with van der Waals surface area (Å²) in [7, 11) is 4.09. The van der Waals surface area contributed by atoms with E-state index in [9.17, 15) is 4.79 Å². The molecule has 0 amide bonds. The fourth-order valence-electron chi connectivity index (χ4n) is 2.86. The molecule has 5 heteroatoms. The second-order valence-electron chi connectivity index (χ2n) is 6.39. The summed E-state index contributed by atoms with van der Waals surface area (Å²) in [6.45, 7) is 3.44. The van der Waals surface area contributed by atoms with Crippen LogP contribution in [0.1, 0.15) is 22.8 Å². The summed E-state index contributed by atoms with van der Waals surface area (Å²) in [4.78, 5) is 17.9. The average Bonchev–Trinajstić information content (AvgIpc) is 3.05. The number of rotatable bonds is 7. The lowest BCUT2D eigenvalue weighted by Gasteiger charge is -2.10. The van der Waals surface area contributed by atoms with Gasteiger partial charge >= 0.3 is 5.97 Å². The van der Waals surface area contributed by atoms with Crippen LogP contribution in [-0.4, -0.2) is 43.1 Å². The number of ether oxygens (including phenoxy) is 2. The van der Waals surface area contributed by atoms with E-state index in [1.54, 1.807) is 24.3 Å². The number of nitrogens with zero attached hydrogens (tertiary/aromatic N) is 1. The van der Waals surface area contributed by atoms with Gasteiger partial charge in [0.15, 0.2) is 0 Å². The van der Waals surface area contributed by atoms with E-state index in [2.05, 4.69) is 9.88 Å². The highest BCUT2D eigenvalue weighted by Crippen LogP contribution is 2.30. The van der Waals surface area contributed by atoms with Gasteiger partial charge in [0, 0.05) is 23.6 Å². The third kappa shape index (κ3) is 4.06. The lowest BCUT2D eigenvalue weighted by Crippen LogP contribution is -2.15. The van der Waals surface area contributed by atoms with Crippen molar-refractivity contribution in [2.75, 3.05) is 27.2 Å². The molecular weight excluding hydrogens is 328 g/mol. The van der Waals surface area contributed by atoms with E-state index in [4.69, 9.17) is 9.47 Å². The van der Waals surface area contributed by atoms with Crippen molar-refractivity contribution < 1.29 is 14.3 Å². The van der Waals surface area contributed by atoms with Crippen LogP contribution in [0.25, 0.3) is 10.9 Å². The van der Waals surface area contributed by atoms with Gasteiger partial charge < -0.3 is 19.4 Å². The van der Waals surface area contributed by atoms with Gasteiger partial charge in [-0.3, -0.25) is 0 Å². The predicted octanol–water partition coefficient (Wildman–Crippen LogP) is 3.89. The maximum atomic E-state index is 12.5. The number of hydrogen-bond donors (Lipinski definition) is 1. The molecular formula is C21H24N2O3. The fourth-order valence-corrected chi connectivity index (χ4v) is 2.86. The molecule has 0 saturated heterocycles. The molecule has 0 aliphatic heterocycles. The van der Waals surface area contributed by atoms with Crippen molar-refractivity contribution in [2.45, 2.75) is 13.3 Å². The van der Waals surface area contributed by atoms with Crippen molar-refractivity contribution in [1.29, 1.82) is 0 Å². The second-order valence-corrected chi connectivity index (χ2v) is 6.39. The molecule has 0 bridgehead atoms. The molecule has 0 aliphatic carbocycles. The van der Waals surface area contributed by atoms with Gasteiger partial charge in [-0.25, -0.2) is 4.79 Å². The Morgan fingerprint density at radius 1 is 1.12 bits per heavy atom. The third-order valence-corrected chi connectivity index (χ3v) is 4.18. The highest BCUT2D eigenvalue weighted by atomic mass is 16.5. The Morgan fingerprint density at radius 2 is 1.88 bits per heavy atom. The van der Waals surface area contributed by atoms with E-state index in [0.717, 1.165) is 35.2 Å². The van der Waals surface area contributed by atoms with Gasteiger partial charge in [-0.1, -0.05) is 6.07 Å². The Hall–Kier alpha value is -2.79. The summed E-state index contributed by atoms with van der Waals surface area (Å²) in [5.41, 5.74) is 2.61. The van der Waals surface area contributed by atoms with Gasteiger partial charge in [-0.2, -0.15) is 0 Å². The summed E-state index contributed by atoms with van der Waals surface area (Å²) in [5, 5.41) is 0.966. The van der Waals surface area contributed by atoms with Crippen molar-refractivity contribution in [1.82, 2.24) is 9.88 Å². The standard InChI is InChI=1S/C21H24N2O3/c1-4-25-17-10-8-15(9-11-17)21(24)26-19-7-5-6-18-20(19)16(14-22-18)12-13-23(2)3/h5-11,14,22H,4,12-13H2,1-3H3. The number of fused-ring (bicyclic) bond motifs is 1. The predicted molar refractivity (Wildman–Crippen MR) is 103 cm³/mol. The first-order valence-electron chi connectivity index (χ1n) is 8.77. The normalized spacial score (nSPS) is 11.1. The molecule has 3 rings (SSSR count). The van der Waals surface area contributed by atoms with Gasteiger partial charge in [0.1, 0.15) is 11.5 Å². The van der Waals surface area contributed by atoms with Crippen LogP contribution in [-0.2, 0) is 6.42 Å². The first-order chi connectivity index (χ1) is 12.6. The van der Waals surface area contributed by atoms with E-state index in [-0.39, 0.29) is 5.97 Å². The van der Waals surface area contributed by atoms with Gasteiger partial charge in [0.25, 0.3) is 0 Å². The quantitative estimate of drug-likeness (QED) is 0.518. The van der Waals surface area contributed by atoms with Crippen LogP contribution in [0, 0.1) is 0 Å². The van der Waals surface area contributed by atoms with E-state index >= 15 is 0 Å². The molecule has 136 valence electrons. The zero-order chi connectivity index (χ0) is 18.5. The lowest BCUT2D eigenvalue weighted by molar-refractivity contribution is 0.0737. The summed E-state index contributed by atoms with van der Waals surface area (Å²) >= 11 is 0. The number of carbonyl (C=O) groups is 1. The Labute approximate surface area is 153 Å². The van der Waals surface area contributed by atoms with Crippen molar-refractivity contribution >= 4 is 16.9 Å². The Bertz CT molecular complexity index is 882. The van der Waals surface area contributed by atoms with Gasteiger partial charge in [-0.05, 0) is 69.4 Å². The smallest absolute Gasteiger partial charge is 0.343 e. The second kappa shape index (κ2) is 8.06. The molecule has 0 aliphatic rings. The third-order valence-electron chi connectivity index (χ3n) is 4.18. The molecule has 2 aromatic carbocycles. The highest BCUT2D eigenvalue weighted by molar-refractivity contribution is 5.96. The van der Waals surface area contributed by atoms with Crippen LogP contribution >= 0.6 is 0 Å². The number of H-pyrrole nitrogens is 1. The van der Waals surface area contributed by atoms with Crippen LogP contribution in [0.4, 0.5) is 0 Å². The van der Waals surface area contributed by atoms with Crippen molar-refractivity contribution in [3.8, 4) is 11.5 Å². The summed E-state index contributed by atoms with van der Waals surface area (Å²) in [6, 6.07) is 12.7. The number of hydrogen-bond acceptors (Lipinski definition) is 4. The van der Waals surface area contributed by atoms with Crippen LogP contribution in [0.2, 0.25) is 0 Å². The maximum Gasteiger partial charge on any atom is 0.343 e. The number of aromatic amines is 1. The minimum Gasteiger partial charge on any atom is -0.494 e. The molecule has 1 aromatic heterocycles. The van der Waals surface area contributed by atoms with Crippen LogP contribution in [0.3, 0.4) is 0 Å². The topological polar surface area (TPSA) is 54.6 Å². The van der Waals surface area contributed by atoms with Crippen molar-refractivity contribution in [3.63, 3.8) is 0 Å². The molecule has 0 unspecified atom stereocenters. The number of nitrogens with one attached hydrogen (secondary N) is 1. The van der Waals surface area contributed by atoms with E-state index < -0.39 is 0 Å². The zero-order valence-corrected chi connectivity index (χ0v) is 15.4. The monoisotopic (exact) mass is 352 g/mol. The van der Waals surface area contributed by atoms with Gasteiger partial charge in [-0.15, -0.1) is 0 Å². The molecule has 1 N–H and O–H groups in total. The summed E-state index contributed by atoms with van der Waals surface area (Å²) < 4.78 is 11.1. The zero-order valence-electron chi connectivity index (χ0n) is 15.4. The van der Waals surface area contributed by atoms with Crippen molar-refractivity contribution in [2.24, 2.45) is 0 Å². The highest BCUT2D eigenvalue weighted by Gasteiger charge is 2.14. The largest absolute Gasteiger partial charge is 0.494 e. The van der Waals surface area contributed by atoms with Crippen LogP contribution in [0.15, 0.2) is 48.7 Å². The van der Waals surface area contributed by atoms with Crippen LogP contribution in [0.5, 0.6) is 11.5 Å². The van der Waals surface area contributed by atoms with E-state index in [0.29, 0.717) is 17.9 Å². The molecule has 0 radical (unpaired) electrons. The first-order valence-corrected chi connectivity index (χ1v) is 8.77. The van der Waals surface area contributed by atoms with Gasteiger partial charge in [0.05, 0.1) is 12.2 Å². The summed E-state index contributed by atoms with van der Waals surface area (Å²) in [6.07, 6.45) is 2.87. The minimum atomic E-state index is -0.375. The average molecular weight is 352 g/mol. The molecule has 26 heavy (non-hydrogen) atoms. The molecule has 3 aromatic rings. The lowest BCUT2D eigenvalue weighted by atomic mass is 10.1. The van der Waals surface area contributed by atoms with Crippen molar-refractivity contribution in [3.05, 3.63) is 59.8 Å². The number of aromatic nitrogens is 1. The Kier molecular flexibility index (Phi) is 5.58. The number of carbonyl (C=O) groups excluding carboxylic acids is 1. The number of likely N-dealkylation sites (N-methyl/N-ethyl adjacent to an activating group) is 1. The molecule has 0 spiro atoms.